The van der Waals surface area contributed by atoms with Crippen LogP contribution in [0.2, 0.25) is 0 Å². The molecule has 3 heterocycles. The Morgan fingerprint density at radius 1 is 1.16 bits per heavy atom. The second kappa shape index (κ2) is 7.58. The molecule has 0 amide bonds. The molecule has 2 N–H and O–H groups in total. The number of anilines is 2. The normalized spacial score (nSPS) is 14.2. The topological polar surface area (TPSA) is 154 Å². The van der Waals surface area contributed by atoms with Gasteiger partial charge in [0, 0.05) is 23.3 Å². The number of nitro benzene ring substituents is 1. The third kappa shape index (κ3) is 3.14. The number of hydrogen-bond donors (Lipinski definition) is 2. The first-order valence-electron chi connectivity index (χ1n) is 9.72. The van der Waals surface area contributed by atoms with Gasteiger partial charge < -0.3 is 10.1 Å². The van der Waals surface area contributed by atoms with Crippen LogP contribution in [0.4, 0.5) is 17.3 Å². The Morgan fingerprint density at radius 2 is 1.91 bits per heavy atom. The van der Waals surface area contributed by atoms with Gasteiger partial charge in [0.1, 0.15) is 17.5 Å². The number of nitro groups is 1. The lowest BCUT2D eigenvalue weighted by atomic mass is 9.92. The van der Waals surface area contributed by atoms with E-state index in [0.29, 0.717) is 29.2 Å². The van der Waals surface area contributed by atoms with Gasteiger partial charge in [-0.1, -0.05) is 5.10 Å². The Morgan fingerprint density at radius 3 is 2.59 bits per heavy atom. The number of ether oxygens (including phenoxy) is 1. The maximum absolute atomic E-state index is 12.7. The van der Waals surface area contributed by atoms with Crippen molar-refractivity contribution in [3.05, 3.63) is 80.1 Å². The number of aromatic amines is 1. The molecule has 1 aliphatic heterocycles. The molecule has 0 saturated carbocycles. The van der Waals surface area contributed by atoms with Crippen LogP contribution in [0.1, 0.15) is 24.1 Å². The minimum Gasteiger partial charge on any atom is -0.494 e. The van der Waals surface area contributed by atoms with Gasteiger partial charge in [-0.15, -0.1) is 0 Å². The largest absolute Gasteiger partial charge is 0.494 e. The second-order valence-electron chi connectivity index (χ2n) is 6.97. The molecule has 12 nitrogen and oxygen atoms in total. The predicted molar refractivity (Wildman–Crippen MR) is 113 cm³/mol. The van der Waals surface area contributed by atoms with Gasteiger partial charge in [-0.3, -0.25) is 14.9 Å². The lowest BCUT2D eigenvalue weighted by molar-refractivity contribution is -0.384. The standard InChI is InChI=1S/C20H16N8O4/c1-2-32-14-9-5-11(6-10-14)16-15-17(19(29)23-22-16)21-20-24-25-26-27(20)18(15)12-3-7-13(8-4-12)28(30)31/h3-10,18H,2H2,1H3,(H,23,29)(H,21,24,26)/t18-/m0/s1. The van der Waals surface area contributed by atoms with Gasteiger partial charge in [0.2, 0.25) is 5.95 Å². The third-order valence-corrected chi connectivity index (χ3v) is 5.13. The van der Waals surface area contributed by atoms with Gasteiger partial charge in [-0.05, 0) is 59.3 Å². The van der Waals surface area contributed by atoms with Crippen molar-refractivity contribution in [1.82, 2.24) is 30.4 Å². The molecule has 4 aromatic rings. The van der Waals surface area contributed by atoms with E-state index in [4.69, 9.17) is 4.74 Å². The minimum atomic E-state index is -0.631. The average molecular weight is 432 g/mol. The second-order valence-corrected chi connectivity index (χ2v) is 6.97. The molecule has 0 saturated heterocycles. The van der Waals surface area contributed by atoms with Crippen molar-refractivity contribution >= 4 is 17.3 Å². The first kappa shape index (κ1) is 19.4. The summed E-state index contributed by atoms with van der Waals surface area (Å²) in [6.07, 6.45) is 0. The summed E-state index contributed by atoms with van der Waals surface area (Å²) in [6, 6.07) is 12.7. The van der Waals surface area contributed by atoms with Crippen LogP contribution in [0.5, 0.6) is 5.75 Å². The fourth-order valence-corrected chi connectivity index (χ4v) is 3.72. The molecule has 12 heteroatoms. The number of nitrogens with one attached hydrogen (secondary N) is 2. The molecule has 0 aliphatic carbocycles. The molecular weight excluding hydrogens is 416 g/mol. The zero-order chi connectivity index (χ0) is 22.2. The van der Waals surface area contributed by atoms with Crippen LogP contribution >= 0.6 is 0 Å². The van der Waals surface area contributed by atoms with Crippen molar-refractivity contribution in [2.45, 2.75) is 13.0 Å². The van der Waals surface area contributed by atoms with Gasteiger partial charge in [0.25, 0.3) is 11.2 Å². The highest BCUT2D eigenvalue weighted by atomic mass is 16.6. The van der Waals surface area contributed by atoms with E-state index in [0.717, 1.165) is 5.56 Å². The van der Waals surface area contributed by atoms with E-state index in [9.17, 15) is 14.9 Å². The summed E-state index contributed by atoms with van der Waals surface area (Å²) in [5.74, 6) is 0.984. The zero-order valence-corrected chi connectivity index (χ0v) is 16.7. The number of rotatable bonds is 5. The average Bonchev–Trinajstić information content (AvgIpc) is 3.28. The number of fused-ring (bicyclic) bond motifs is 2. The Bertz CT molecular complexity index is 1360. The number of tetrazole rings is 1. The van der Waals surface area contributed by atoms with Crippen LogP contribution in [-0.4, -0.2) is 41.9 Å². The first-order valence-corrected chi connectivity index (χ1v) is 9.72. The fraction of sp³-hybridized carbons (Fsp3) is 0.150. The van der Waals surface area contributed by atoms with Crippen LogP contribution in [-0.2, 0) is 0 Å². The summed E-state index contributed by atoms with van der Waals surface area (Å²) in [6.45, 7) is 2.44. The molecule has 0 bridgehead atoms. The van der Waals surface area contributed by atoms with E-state index < -0.39 is 16.5 Å². The molecular formula is C20H16N8O4. The molecule has 0 unspecified atom stereocenters. The molecule has 0 radical (unpaired) electrons. The number of H-pyrrole nitrogens is 1. The van der Waals surface area contributed by atoms with Crippen LogP contribution in [0.15, 0.2) is 53.3 Å². The van der Waals surface area contributed by atoms with E-state index in [-0.39, 0.29) is 17.3 Å². The third-order valence-electron chi connectivity index (χ3n) is 5.13. The zero-order valence-electron chi connectivity index (χ0n) is 16.7. The summed E-state index contributed by atoms with van der Waals surface area (Å²) in [5.41, 5.74) is 2.24. The molecule has 0 spiro atoms. The van der Waals surface area contributed by atoms with Gasteiger partial charge in [0.05, 0.1) is 17.2 Å². The summed E-state index contributed by atoms with van der Waals surface area (Å²) in [5, 5.41) is 32.6. The van der Waals surface area contributed by atoms with Crippen LogP contribution < -0.4 is 15.6 Å². The summed E-state index contributed by atoms with van der Waals surface area (Å²) < 4.78 is 7.03. The first-order chi connectivity index (χ1) is 15.6. The highest BCUT2D eigenvalue weighted by molar-refractivity contribution is 5.75. The molecule has 160 valence electrons. The molecule has 32 heavy (non-hydrogen) atoms. The number of non-ortho nitro benzene ring substituents is 1. The van der Waals surface area contributed by atoms with Crippen molar-refractivity contribution in [2.75, 3.05) is 11.9 Å². The van der Waals surface area contributed by atoms with Gasteiger partial charge >= 0.3 is 0 Å². The van der Waals surface area contributed by atoms with Crippen molar-refractivity contribution in [2.24, 2.45) is 0 Å². The van der Waals surface area contributed by atoms with Crippen molar-refractivity contribution < 1.29 is 9.66 Å². The van der Waals surface area contributed by atoms with Crippen LogP contribution in [0.25, 0.3) is 11.3 Å². The SMILES string of the molecule is CCOc1ccc(-c2n[nH]c(=O)c3c2[C@H](c2ccc([N+](=O)[O-])cc2)n2nnnc2N3)cc1. The van der Waals surface area contributed by atoms with E-state index in [1.807, 2.05) is 31.2 Å². The molecule has 1 aliphatic rings. The smallest absolute Gasteiger partial charge is 0.288 e. The molecule has 2 aromatic heterocycles. The Hall–Kier alpha value is -4.61. The summed E-state index contributed by atoms with van der Waals surface area (Å²) >= 11 is 0. The van der Waals surface area contributed by atoms with Crippen LogP contribution in [0.3, 0.4) is 0 Å². The van der Waals surface area contributed by atoms with Gasteiger partial charge in [-0.25, -0.2) is 5.10 Å². The van der Waals surface area contributed by atoms with E-state index in [1.54, 1.807) is 12.1 Å². The predicted octanol–water partition coefficient (Wildman–Crippen LogP) is 2.42. The Kier molecular flexibility index (Phi) is 4.58. The molecule has 1 atom stereocenters. The monoisotopic (exact) mass is 432 g/mol. The Balaban J connectivity index is 1.71. The lowest BCUT2D eigenvalue weighted by Crippen LogP contribution is -2.29. The molecule has 2 aromatic carbocycles. The quantitative estimate of drug-likeness (QED) is 0.315. The van der Waals surface area contributed by atoms with E-state index in [2.05, 4.69) is 31.0 Å². The van der Waals surface area contributed by atoms with E-state index >= 15 is 0 Å². The maximum atomic E-state index is 12.7. The fourth-order valence-electron chi connectivity index (χ4n) is 3.72. The lowest BCUT2D eigenvalue weighted by Gasteiger charge is -2.27. The summed E-state index contributed by atoms with van der Waals surface area (Å²) in [4.78, 5) is 23.3. The minimum absolute atomic E-state index is 0.0457. The number of aromatic nitrogens is 6. The maximum Gasteiger partial charge on any atom is 0.288 e. The Labute approximate surface area is 180 Å². The molecule has 5 rings (SSSR count). The molecule has 0 fully saturated rings. The number of hydrogen-bond acceptors (Lipinski definition) is 9. The van der Waals surface area contributed by atoms with Crippen molar-refractivity contribution in [3.8, 4) is 17.0 Å². The highest BCUT2D eigenvalue weighted by Crippen LogP contribution is 2.41. The highest BCUT2D eigenvalue weighted by Gasteiger charge is 2.34. The number of nitrogens with zero attached hydrogens (tertiary/aromatic N) is 6. The number of benzene rings is 2. The van der Waals surface area contributed by atoms with Crippen LogP contribution in [0, 0.1) is 10.1 Å². The van der Waals surface area contributed by atoms with Gasteiger partial charge in [0.15, 0.2) is 0 Å². The van der Waals surface area contributed by atoms with Crippen molar-refractivity contribution in [1.29, 1.82) is 0 Å². The summed E-state index contributed by atoms with van der Waals surface area (Å²) in [7, 11) is 0. The van der Waals surface area contributed by atoms with E-state index in [1.165, 1.54) is 16.8 Å². The van der Waals surface area contributed by atoms with Gasteiger partial charge in [-0.2, -0.15) is 9.78 Å². The van der Waals surface area contributed by atoms with Crippen molar-refractivity contribution in [3.63, 3.8) is 0 Å².